The van der Waals surface area contributed by atoms with E-state index < -0.39 is 11.7 Å². The topological polar surface area (TPSA) is 0 Å². The molecule has 0 aromatic rings. The van der Waals surface area contributed by atoms with E-state index in [2.05, 4.69) is 6.92 Å². The van der Waals surface area contributed by atoms with Crippen molar-refractivity contribution in [2.24, 2.45) is 17.8 Å². The van der Waals surface area contributed by atoms with E-state index >= 15 is 0 Å². The molecule has 0 aliphatic heterocycles. The number of fused-ring (bicyclic) bond motifs is 1. The number of halogens is 2. The van der Waals surface area contributed by atoms with Crippen LogP contribution in [0.15, 0.2) is 23.3 Å². The highest BCUT2D eigenvalue weighted by Gasteiger charge is 2.37. The first-order valence-corrected chi connectivity index (χ1v) is 7.93. The molecule has 0 saturated heterocycles. The molecule has 108 valence electrons. The number of unbranched alkanes of at least 4 members (excludes halogenated alkanes) is 1. The minimum Gasteiger partial charge on any atom is -0.208 e. The number of rotatable bonds is 5. The third-order valence-electron chi connectivity index (χ3n) is 4.73. The molecule has 1 saturated carbocycles. The predicted octanol–water partition coefficient (Wildman–Crippen LogP) is 6.10. The predicted molar refractivity (Wildman–Crippen MR) is 76.1 cm³/mol. The van der Waals surface area contributed by atoms with Crippen LogP contribution in [-0.2, 0) is 0 Å². The molecule has 0 bridgehead atoms. The van der Waals surface area contributed by atoms with Crippen LogP contribution in [-0.4, -0.2) is 0 Å². The molecule has 2 aliphatic rings. The first-order chi connectivity index (χ1) is 9.17. The maximum atomic E-state index is 14.2. The molecule has 0 heterocycles. The Bertz CT molecular complexity index is 367. The van der Waals surface area contributed by atoms with Crippen molar-refractivity contribution in [1.82, 2.24) is 0 Å². The fourth-order valence-corrected chi connectivity index (χ4v) is 3.64. The third kappa shape index (κ3) is 3.27. The van der Waals surface area contributed by atoms with Crippen molar-refractivity contribution in [2.75, 3.05) is 0 Å². The molecular formula is C17H26F2. The van der Waals surface area contributed by atoms with Gasteiger partial charge in [0.05, 0.1) is 0 Å². The van der Waals surface area contributed by atoms with Gasteiger partial charge in [0.25, 0.3) is 0 Å². The maximum absolute atomic E-state index is 14.2. The molecule has 1 fully saturated rings. The highest BCUT2D eigenvalue weighted by atomic mass is 19.2. The lowest BCUT2D eigenvalue weighted by Gasteiger charge is -2.37. The molecule has 0 aromatic heterocycles. The minimum absolute atomic E-state index is 0.170. The van der Waals surface area contributed by atoms with E-state index in [4.69, 9.17) is 0 Å². The molecule has 3 atom stereocenters. The van der Waals surface area contributed by atoms with Gasteiger partial charge in [0.1, 0.15) is 5.83 Å². The lowest BCUT2D eigenvalue weighted by Crippen LogP contribution is -2.27. The summed E-state index contributed by atoms with van der Waals surface area (Å²) >= 11 is 0. The first kappa shape index (κ1) is 14.7. The van der Waals surface area contributed by atoms with E-state index in [9.17, 15) is 8.78 Å². The monoisotopic (exact) mass is 268 g/mol. The van der Waals surface area contributed by atoms with Crippen molar-refractivity contribution in [1.29, 1.82) is 0 Å². The van der Waals surface area contributed by atoms with E-state index in [1.54, 1.807) is 0 Å². The summed E-state index contributed by atoms with van der Waals surface area (Å²) in [5, 5.41) is 0. The fraction of sp³-hybridized carbons (Fsp3) is 0.765. The molecule has 0 spiro atoms. The molecule has 3 unspecified atom stereocenters. The SMILES string of the molecule is CCCCC1CCC2C=C(CCC)C(F)=C(F)C2C1. The highest BCUT2D eigenvalue weighted by Crippen LogP contribution is 2.47. The zero-order valence-electron chi connectivity index (χ0n) is 12.2. The van der Waals surface area contributed by atoms with E-state index in [0.717, 1.165) is 19.3 Å². The second kappa shape index (κ2) is 6.67. The zero-order valence-corrected chi connectivity index (χ0v) is 12.2. The molecule has 0 radical (unpaired) electrons. The average molecular weight is 268 g/mol. The lowest BCUT2D eigenvalue weighted by atomic mass is 9.69. The number of hydrogen-bond donors (Lipinski definition) is 0. The van der Waals surface area contributed by atoms with Gasteiger partial charge in [-0.05, 0) is 43.1 Å². The van der Waals surface area contributed by atoms with Gasteiger partial charge in [-0.2, -0.15) is 0 Å². The Hall–Kier alpha value is -0.660. The maximum Gasteiger partial charge on any atom is 0.157 e. The summed E-state index contributed by atoms with van der Waals surface area (Å²) < 4.78 is 28.3. The van der Waals surface area contributed by atoms with Gasteiger partial charge in [-0.25, -0.2) is 8.78 Å². The normalized spacial score (nSPS) is 31.2. The van der Waals surface area contributed by atoms with Gasteiger partial charge in [-0.3, -0.25) is 0 Å². The fourth-order valence-electron chi connectivity index (χ4n) is 3.64. The molecule has 2 rings (SSSR count). The first-order valence-electron chi connectivity index (χ1n) is 7.93. The van der Waals surface area contributed by atoms with Gasteiger partial charge in [-0.15, -0.1) is 0 Å². The van der Waals surface area contributed by atoms with Gasteiger partial charge in [0.2, 0.25) is 0 Å². The average Bonchev–Trinajstić information content (AvgIpc) is 2.43. The Labute approximate surface area is 116 Å². The molecule has 0 nitrogen and oxygen atoms in total. The summed E-state index contributed by atoms with van der Waals surface area (Å²) in [6.07, 6.45) is 10.2. The molecule has 0 aromatic carbocycles. The van der Waals surface area contributed by atoms with Crippen molar-refractivity contribution >= 4 is 0 Å². The molecule has 0 amide bonds. The number of hydrogen-bond acceptors (Lipinski definition) is 0. The lowest BCUT2D eigenvalue weighted by molar-refractivity contribution is 0.195. The summed E-state index contributed by atoms with van der Waals surface area (Å²) in [6.45, 7) is 4.20. The molecule has 2 aliphatic carbocycles. The van der Waals surface area contributed by atoms with Crippen LogP contribution >= 0.6 is 0 Å². The van der Waals surface area contributed by atoms with Gasteiger partial charge >= 0.3 is 0 Å². The summed E-state index contributed by atoms with van der Waals surface area (Å²) in [7, 11) is 0. The summed E-state index contributed by atoms with van der Waals surface area (Å²) in [4.78, 5) is 0. The van der Waals surface area contributed by atoms with E-state index in [1.165, 1.54) is 25.7 Å². The smallest absolute Gasteiger partial charge is 0.157 e. The van der Waals surface area contributed by atoms with Crippen LogP contribution in [0, 0.1) is 17.8 Å². The van der Waals surface area contributed by atoms with Crippen LogP contribution < -0.4 is 0 Å². The molecule has 0 N–H and O–H groups in total. The Balaban J connectivity index is 2.06. The molecule has 19 heavy (non-hydrogen) atoms. The van der Waals surface area contributed by atoms with E-state index in [1.807, 2.05) is 13.0 Å². The molecular weight excluding hydrogens is 242 g/mol. The largest absolute Gasteiger partial charge is 0.208 e. The van der Waals surface area contributed by atoms with Gasteiger partial charge in [-0.1, -0.05) is 45.6 Å². The van der Waals surface area contributed by atoms with Crippen molar-refractivity contribution in [3.05, 3.63) is 23.3 Å². The van der Waals surface area contributed by atoms with E-state index in [0.29, 0.717) is 17.9 Å². The Morgan fingerprint density at radius 3 is 2.63 bits per heavy atom. The van der Waals surface area contributed by atoms with E-state index in [-0.39, 0.29) is 11.8 Å². The van der Waals surface area contributed by atoms with Crippen molar-refractivity contribution < 1.29 is 8.78 Å². The van der Waals surface area contributed by atoms with Crippen LogP contribution in [0.1, 0.15) is 65.2 Å². The van der Waals surface area contributed by atoms with Gasteiger partial charge in [0.15, 0.2) is 5.83 Å². The summed E-state index contributed by atoms with van der Waals surface area (Å²) in [6, 6.07) is 0. The Morgan fingerprint density at radius 2 is 1.95 bits per heavy atom. The third-order valence-corrected chi connectivity index (χ3v) is 4.73. The van der Waals surface area contributed by atoms with Gasteiger partial charge in [0, 0.05) is 5.92 Å². The van der Waals surface area contributed by atoms with Crippen LogP contribution in [0.2, 0.25) is 0 Å². The quantitative estimate of drug-likeness (QED) is 0.565. The standard InChI is InChI=1S/C17H26F2/c1-3-5-7-12-8-9-13-11-14(6-4-2)16(18)17(19)15(13)10-12/h11-13,15H,3-10H2,1-2H3. The van der Waals surface area contributed by atoms with Crippen LogP contribution in [0.4, 0.5) is 8.78 Å². The van der Waals surface area contributed by atoms with Gasteiger partial charge < -0.3 is 0 Å². The van der Waals surface area contributed by atoms with Crippen molar-refractivity contribution in [3.8, 4) is 0 Å². The van der Waals surface area contributed by atoms with Crippen LogP contribution in [0.3, 0.4) is 0 Å². The summed E-state index contributed by atoms with van der Waals surface area (Å²) in [5.41, 5.74) is 0.619. The Kier molecular flexibility index (Phi) is 5.18. The second-order valence-electron chi connectivity index (χ2n) is 6.20. The van der Waals surface area contributed by atoms with Crippen LogP contribution in [0.5, 0.6) is 0 Å². The summed E-state index contributed by atoms with van der Waals surface area (Å²) in [5.74, 6) is -0.313. The highest BCUT2D eigenvalue weighted by molar-refractivity contribution is 5.34. The van der Waals surface area contributed by atoms with Crippen molar-refractivity contribution in [2.45, 2.75) is 65.2 Å². The van der Waals surface area contributed by atoms with Crippen LogP contribution in [0.25, 0.3) is 0 Å². The number of allylic oxidation sites excluding steroid dienone is 4. The zero-order chi connectivity index (χ0) is 13.8. The Morgan fingerprint density at radius 1 is 1.16 bits per heavy atom. The second-order valence-corrected chi connectivity index (χ2v) is 6.20. The molecule has 2 heteroatoms. The van der Waals surface area contributed by atoms with Crippen molar-refractivity contribution in [3.63, 3.8) is 0 Å². The minimum atomic E-state index is -0.542.